The summed E-state index contributed by atoms with van der Waals surface area (Å²) in [6.07, 6.45) is 0. The largest absolute Gasteiger partial charge is 0.382 e. The molecular formula is C20H21FN6O2. The molecule has 9 heteroatoms. The summed E-state index contributed by atoms with van der Waals surface area (Å²) < 4.78 is 14.1. The molecule has 0 unspecified atom stereocenters. The summed E-state index contributed by atoms with van der Waals surface area (Å²) in [6.45, 7) is 3.87. The molecule has 3 aromatic rings. The molecule has 0 aliphatic rings. The first-order chi connectivity index (χ1) is 13.8. The molecule has 0 saturated carbocycles. The van der Waals surface area contributed by atoms with Gasteiger partial charge < -0.3 is 16.4 Å². The summed E-state index contributed by atoms with van der Waals surface area (Å²) in [6, 6.07) is 11.4. The summed E-state index contributed by atoms with van der Waals surface area (Å²) in [5, 5.41) is 13.0. The fraction of sp³-hybridized carbons (Fsp3) is 0.200. The molecule has 0 aliphatic heterocycles. The van der Waals surface area contributed by atoms with Crippen LogP contribution in [0.1, 0.15) is 27.2 Å². The Morgan fingerprint density at radius 2 is 1.86 bits per heavy atom. The number of rotatable bonds is 6. The molecule has 0 atom stereocenters. The SMILES string of the molecule is Cc1cccc(NC(=O)Cn2nnc(C(=O)NCc3ccc(F)cc3)c2N)c1C. The number of anilines is 2. The first kappa shape index (κ1) is 20.0. The highest BCUT2D eigenvalue weighted by atomic mass is 19.1. The predicted octanol–water partition coefficient (Wildman–Crippen LogP) is 2.18. The van der Waals surface area contributed by atoms with Crippen LogP contribution in [0.25, 0.3) is 0 Å². The van der Waals surface area contributed by atoms with Gasteiger partial charge in [0.2, 0.25) is 5.91 Å². The minimum Gasteiger partial charge on any atom is -0.382 e. The van der Waals surface area contributed by atoms with Gasteiger partial charge in [-0.3, -0.25) is 9.59 Å². The number of nitrogen functional groups attached to an aromatic ring is 1. The third kappa shape index (κ3) is 4.75. The number of aromatic nitrogens is 3. The molecule has 1 aromatic heterocycles. The Kier molecular flexibility index (Phi) is 5.87. The van der Waals surface area contributed by atoms with E-state index in [2.05, 4.69) is 20.9 Å². The van der Waals surface area contributed by atoms with Crippen LogP contribution in [0.5, 0.6) is 0 Å². The zero-order chi connectivity index (χ0) is 21.0. The Balaban J connectivity index is 1.62. The van der Waals surface area contributed by atoms with Gasteiger partial charge in [0.1, 0.15) is 12.4 Å². The van der Waals surface area contributed by atoms with Crippen molar-refractivity contribution in [3.63, 3.8) is 0 Å². The highest BCUT2D eigenvalue weighted by Gasteiger charge is 2.19. The fourth-order valence-corrected chi connectivity index (χ4v) is 2.68. The Hall–Kier alpha value is -3.75. The number of amides is 2. The molecule has 0 saturated heterocycles. The molecule has 0 radical (unpaired) electrons. The van der Waals surface area contributed by atoms with E-state index in [-0.39, 0.29) is 36.3 Å². The number of carbonyl (C=O) groups is 2. The third-order valence-corrected chi connectivity index (χ3v) is 4.53. The number of aryl methyl sites for hydroxylation is 1. The van der Waals surface area contributed by atoms with Crippen LogP contribution in [0, 0.1) is 19.7 Å². The maximum absolute atomic E-state index is 12.9. The zero-order valence-corrected chi connectivity index (χ0v) is 16.1. The van der Waals surface area contributed by atoms with Gasteiger partial charge in [0, 0.05) is 12.2 Å². The molecule has 1 heterocycles. The van der Waals surface area contributed by atoms with Crippen molar-refractivity contribution in [2.75, 3.05) is 11.1 Å². The summed E-state index contributed by atoms with van der Waals surface area (Å²) in [5.74, 6) is -1.24. The van der Waals surface area contributed by atoms with Gasteiger partial charge in [-0.15, -0.1) is 5.10 Å². The van der Waals surface area contributed by atoms with E-state index in [1.54, 1.807) is 18.2 Å². The van der Waals surface area contributed by atoms with Crippen molar-refractivity contribution in [1.82, 2.24) is 20.3 Å². The Labute approximate surface area is 166 Å². The molecule has 0 aliphatic carbocycles. The second-order valence-corrected chi connectivity index (χ2v) is 6.59. The summed E-state index contributed by atoms with van der Waals surface area (Å²) in [7, 11) is 0. The second kappa shape index (κ2) is 8.51. The lowest BCUT2D eigenvalue weighted by Crippen LogP contribution is -2.25. The minimum atomic E-state index is -0.534. The van der Waals surface area contributed by atoms with Crippen LogP contribution < -0.4 is 16.4 Å². The quantitative estimate of drug-likeness (QED) is 0.591. The van der Waals surface area contributed by atoms with Gasteiger partial charge >= 0.3 is 0 Å². The summed E-state index contributed by atoms with van der Waals surface area (Å²) >= 11 is 0. The summed E-state index contributed by atoms with van der Waals surface area (Å²) in [4.78, 5) is 24.6. The number of carbonyl (C=O) groups excluding carboxylic acids is 2. The number of benzene rings is 2. The van der Waals surface area contributed by atoms with Crippen molar-refractivity contribution in [2.24, 2.45) is 0 Å². The Bertz CT molecular complexity index is 1050. The van der Waals surface area contributed by atoms with Crippen molar-refractivity contribution in [2.45, 2.75) is 26.9 Å². The number of hydrogen-bond acceptors (Lipinski definition) is 5. The summed E-state index contributed by atoms with van der Waals surface area (Å²) in [5.41, 5.74) is 9.30. The molecule has 3 rings (SSSR count). The number of nitrogens with one attached hydrogen (secondary N) is 2. The fourth-order valence-electron chi connectivity index (χ4n) is 2.68. The molecule has 0 bridgehead atoms. The van der Waals surface area contributed by atoms with Gasteiger partial charge in [0.25, 0.3) is 5.91 Å². The lowest BCUT2D eigenvalue weighted by atomic mass is 10.1. The van der Waals surface area contributed by atoms with E-state index in [0.717, 1.165) is 21.4 Å². The molecule has 8 nitrogen and oxygen atoms in total. The van der Waals surface area contributed by atoms with Gasteiger partial charge in [-0.05, 0) is 48.7 Å². The standard InChI is InChI=1S/C20H21FN6O2/c1-12-4-3-5-16(13(12)2)24-17(28)11-27-19(22)18(25-26-27)20(29)23-10-14-6-8-15(21)9-7-14/h3-9H,10-11,22H2,1-2H3,(H,23,29)(H,24,28). The van der Waals surface area contributed by atoms with Crippen molar-refractivity contribution < 1.29 is 14.0 Å². The van der Waals surface area contributed by atoms with Gasteiger partial charge in [-0.25, -0.2) is 9.07 Å². The third-order valence-electron chi connectivity index (χ3n) is 4.53. The van der Waals surface area contributed by atoms with Crippen LogP contribution >= 0.6 is 0 Å². The van der Waals surface area contributed by atoms with Crippen LogP contribution in [0.3, 0.4) is 0 Å². The maximum Gasteiger partial charge on any atom is 0.275 e. The smallest absolute Gasteiger partial charge is 0.275 e. The van der Waals surface area contributed by atoms with Crippen LogP contribution in [0.15, 0.2) is 42.5 Å². The zero-order valence-electron chi connectivity index (χ0n) is 16.1. The van der Waals surface area contributed by atoms with E-state index in [0.29, 0.717) is 5.69 Å². The highest BCUT2D eigenvalue weighted by Crippen LogP contribution is 2.18. The molecule has 0 spiro atoms. The van der Waals surface area contributed by atoms with E-state index < -0.39 is 5.91 Å². The number of halogens is 1. The average molecular weight is 396 g/mol. The first-order valence-corrected chi connectivity index (χ1v) is 8.93. The number of nitrogens with two attached hydrogens (primary N) is 1. The molecule has 0 fully saturated rings. The van der Waals surface area contributed by atoms with Crippen LogP contribution in [0.2, 0.25) is 0 Å². The first-order valence-electron chi connectivity index (χ1n) is 8.93. The average Bonchev–Trinajstić information content (AvgIpc) is 3.05. The second-order valence-electron chi connectivity index (χ2n) is 6.59. The number of nitrogens with zero attached hydrogens (tertiary/aromatic N) is 3. The van der Waals surface area contributed by atoms with E-state index >= 15 is 0 Å². The molecular weight excluding hydrogens is 375 g/mol. The lowest BCUT2D eigenvalue weighted by Gasteiger charge is -2.10. The van der Waals surface area contributed by atoms with E-state index in [1.165, 1.54) is 12.1 Å². The van der Waals surface area contributed by atoms with Crippen molar-refractivity contribution in [3.8, 4) is 0 Å². The molecule has 2 amide bonds. The predicted molar refractivity (Wildman–Crippen MR) is 107 cm³/mol. The molecule has 150 valence electrons. The van der Waals surface area contributed by atoms with E-state index in [1.807, 2.05) is 26.0 Å². The Morgan fingerprint density at radius 1 is 1.14 bits per heavy atom. The normalized spacial score (nSPS) is 10.6. The van der Waals surface area contributed by atoms with Gasteiger partial charge in [0.15, 0.2) is 11.5 Å². The van der Waals surface area contributed by atoms with Gasteiger partial charge in [0.05, 0.1) is 0 Å². The van der Waals surface area contributed by atoms with Gasteiger partial charge in [-0.1, -0.05) is 29.5 Å². The van der Waals surface area contributed by atoms with Crippen molar-refractivity contribution >= 4 is 23.3 Å². The van der Waals surface area contributed by atoms with Crippen molar-refractivity contribution in [1.29, 1.82) is 0 Å². The van der Waals surface area contributed by atoms with E-state index in [9.17, 15) is 14.0 Å². The highest BCUT2D eigenvalue weighted by molar-refractivity contribution is 5.97. The molecule has 29 heavy (non-hydrogen) atoms. The monoisotopic (exact) mass is 396 g/mol. The molecule has 2 aromatic carbocycles. The van der Waals surface area contributed by atoms with Gasteiger partial charge in [-0.2, -0.15) is 0 Å². The van der Waals surface area contributed by atoms with Crippen LogP contribution in [-0.2, 0) is 17.9 Å². The van der Waals surface area contributed by atoms with Crippen LogP contribution in [0.4, 0.5) is 15.9 Å². The van der Waals surface area contributed by atoms with Crippen molar-refractivity contribution in [3.05, 3.63) is 70.7 Å². The maximum atomic E-state index is 12.9. The van der Waals surface area contributed by atoms with E-state index in [4.69, 9.17) is 5.73 Å². The Morgan fingerprint density at radius 3 is 2.59 bits per heavy atom. The van der Waals surface area contributed by atoms with Crippen LogP contribution in [-0.4, -0.2) is 26.8 Å². The lowest BCUT2D eigenvalue weighted by molar-refractivity contribution is -0.116. The minimum absolute atomic E-state index is 0.0160. The topological polar surface area (TPSA) is 115 Å². The number of hydrogen-bond donors (Lipinski definition) is 3. The molecule has 4 N–H and O–H groups in total.